The summed E-state index contributed by atoms with van der Waals surface area (Å²) >= 11 is 0. The molecule has 5 heterocycles. The second-order valence-electron chi connectivity index (χ2n) is 11.0. The summed E-state index contributed by atoms with van der Waals surface area (Å²) in [7, 11) is 0. The average Bonchev–Trinajstić information content (AvgIpc) is 3.82. The zero-order chi connectivity index (χ0) is 23.2. The zero-order valence-electron chi connectivity index (χ0n) is 20.2. The van der Waals surface area contributed by atoms with Gasteiger partial charge in [-0.3, -0.25) is 9.97 Å². The van der Waals surface area contributed by atoms with Crippen molar-refractivity contribution in [3.63, 3.8) is 0 Å². The van der Waals surface area contributed by atoms with Crippen LogP contribution in [0.1, 0.15) is 55.7 Å². The van der Waals surface area contributed by atoms with Crippen LogP contribution in [-0.4, -0.2) is 63.7 Å². The van der Waals surface area contributed by atoms with Crippen LogP contribution in [0.5, 0.6) is 0 Å². The Morgan fingerprint density at radius 3 is 2.71 bits per heavy atom. The van der Waals surface area contributed by atoms with Crippen LogP contribution in [-0.2, 0) is 5.54 Å². The van der Waals surface area contributed by atoms with Crippen molar-refractivity contribution >= 4 is 5.69 Å². The Morgan fingerprint density at radius 1 is 1.06 bits per heavy atom. The second kappa shape index (κ2) is 8.68. The Hall–Kier alpha value is -2.84. The Labute approximate surface area is 206 Å². The number of nitrogens with one attached hydrogen (secondary N) is 2. The quantitative estimate of drug-likeness (QED) is 0.524. The smallest absolute Gasteiger partial charge is 0.131 e. The van der Waals surface area contributed by atoms with Gasteiger partial charge >= 0.3 is 0 Å². The third kappa shape index (κ3) is 4.23. The predicted octanol–water partition coefficient (Wildman–Crippen LogP) is 2.93. The molecule has 2 aliphatic heterocycles. The van der Waals surface area contributed by atoms with Gasteiger partial charge in [0.15, 0.2) is 0 Å². The molecule has 1 atom stereocenters. The summed E-state index contributed by atoms with van der Waals surface area (Å²) in [6.45, 7) is 4.97. The fourth-order valence-electron chi connectivity index (χ4n) is 5.55. The first-order valence-electron chi connectivity index (χ1n) is 13.3. The van der Waals surface area contributed by atoms with E-state index < -0.39 is 0 Å². The van der Waals surface area contributed by atoms with E-state index in [0.29, 0.717) is 12.0 Å². The van der Waals surface area contributed by atoms with Gasteiger partial charge in [-0.15, -0.1) is 5.10 Å². The van der Waals surface area contributed by atoms with Gasteiger partial charge in [0, 0.05) is 50.2 Å². The maximum Gasteiger partial charge on any atom is 0.131 e. The molecule has 2 saturated heterocycles. The van der Waals surface area contributed by atoms with Gasteiger partial charge in [0.25, 0.3) is 0 Å². The maximum atomic E-state index is 4.96. The fourth-order valence-corrected chi connectivity index (χ4v) is 5.55. The van der Waals surface area contributed by atoms with Gasteiger partial charge in [-0.1, -0.05) is 5.21 Å². The number of pyridine rings is 2. The molecule has 8 heteroatoms. The predicted molar refractivity (Wildman–Crippen MR) is 135 cm³/mol. The third-order valence-electron chi connectivity index (χ3n) is 8.27. The Balaban J connectivity index is 1.08. The van der Waals surface area contributed by atoms with E-state index in [9.17, 15) is 0 Å². The van der Waals surface area contributed by atoms with E-state index in [1.165, 1.54) is 56.3 Å². The zero-order valence-corrected chi connectivity index (χ0v) is 20.2. The number of anilines is 1. The maximum absolute atomic E-state index is 4.96. The van der Waals surface area contributed by atoms with Crippen LogP contribution in [0, 0.1) is 5.92 Å². The van der Waals surface area contributed by atoms with Gasteiger partial charge in [0.2, 0.25) is 0 Å². The minimum atomic E-state index is -0.290. The summed E-state index contributed by atoms with van der Waals surface area (Å²) in [6.07, 6.45) is 15.8. The second-order valence-corrected chi connectivity index (χ2v) is 11.0. The number of aromatic nitrogens is 5. The molecule has 2 N–H and O–H groups in total. The molecule has 182 valence electrons. The molecule has 2 aliphatic carbocycles. The lowest BCUT2D eigenvalue weighted by Gasteiger charge is -2.42. The van der Waals surface area contributed by atoms with Crippen molar-refractivity contribution in [2.24, 2.45) is 5.92 Å². The Bertz CT molecular complexity index is 1180. The average molecular weight is 471 g/mol. The van der Waals surface area contributed by atoms with Crippen LogP contribution < -0.4 is 15.5 Å². The lowest BCUT2D eigenvalue weighted by atomic mass is 9.88. The standard InChI is InChI=1S/C27H34N8/c1-2-23(30-11-19-3-4-19)15-34(9-1)24-7-8-26(31-14-24)27(17-29-18-27)35-16-25(32-33-35)22-10-21(12-28-13-22)20-5-6-20/h7-8,10,12-14,16,19-20,23,29-30H,1-6,9,11,15,17-18H2/t23-/m1/s1. The summed E-state index contributed by atoms with van der Waals surface area (Å²) in [6, 6.07) is 7.25. The van der Waals surface area contributed by atoms with Crippen molar-refractivity contribution < 1.29 is 0 Å². The molecular formula is C27H34N8. The molecule has 0 radical (unpaired) electrons. The molecule has 7 rings (SSSR count). The molecule has 3 aromatic rings. The number of piperidine rings is 1. The lowest BCUT2D eigenvalue weighted by molar-refractivity contribution is 0.197. The lowest BCUT2D eigenvalue weighted by Crippen LogP contribution is -2.61. The van der Waals surface area contributed by atoms with E-state index in [2.05, 4.69) is 61.4 Å². The number of nitrogens with zero attached hydrogens (tertiary/aromatic N) is 6. The summed E-state index contributed by atoms with van der Waals surface area (Å²) < 4.78 is 2.00. The Kier molecular flexibility index (Phi) is 5.31. The van der Waals surface area contributed by atoms with Crippen molar-refractivity contribution in [1.82, 2.24) is 35.6 Å². The molecule has 0 spiro atoms. The van der Waals surface area contributed by atoms with Crippen LogP contribution in [0.2, 0.25) is 0 Å². The molecule has 8 nitrogen and oxygen atoms in total. The van der Waals surface area contributed by atoms with E-state index >= 15 is 0 Å². The highest BCUT2D eigenvalue weighted by atomic mass is 15.5. The van der Waals surface area contributed by atoms with Crippen molar-refractivity contribution in [1.29, 1.82) is 0 Å². The van der Waals surface area contributed by atoms with Crippen molar-refractivity contribution in [2.45, 2.75) is 56.0 Å². The van der Waals surface area contributed by atoms with Crippen molar-refractivity contribution in [3.05, 3.63) is 54.2 Å². The van der Waals surface area contributed by atoms with Gasteiger partial charge in [0.05, 0.1) is 23.8 Å². The molecule has 0 amide bonds. The largest absolute Gasteiger partial charge is 0.369 e. The molecule has 3 aromatic heterocycles. The first-order chi connectivity index (χ1) is 17.3. The van der Waals surface area contributed by atoms with E-state index in [1.54, 1.807) is 0 Å². The highest BCUT2D eigenvalue weighted by molar-refractivity contribution is 5.58. The summed E-state index contributed by atoms with van der Waals surface area (Å²) in [4.78, 5) is 11.9. The normalized spacial score (nSPS) is 23.8. The Morgan fingerprint density at radius 2 is 1.97 bits per heavy atom. The number of rotatable bonds is 8. The number of hydrogen-bond acceptors (Lipinski definition) is 7. The molecule has 0 bridgehead atoms. The fraction of sp³-hybridized carbons (Fsp3) is 0.556. The molecule has 2 saturated carbocycles. The monoisotopic (exact) mass is 470 g/mol. The molecular weight excluding hydrogens is 436 g/mol. The molecule has 4 fully saturated rings. The van der Waals surface area contributed by atoms with E-state index in [4.69, 9.17) is 4.98 Å². The van der Waals surface area contributed by atoms with Gasteiger partial charge in [-0.05, 0) is 80.7 Å². The van der Waals surface area contributed by atoms with Crippen LogP contribution in [0.4, 0.5) is 5.69 Å². The number of hydrogen-bond donors (Lipinski definition) is 2. The summed E-state index contributed by atoms with van der Waals surface area (Å²) in [5, 5.41) is 16.3. The SMILES string of the molecule is c1ncc(C2CC2)cc1-c1cn(C2(c3ccc(N4CCC[C@@H](NCC5CC5)C4)cn3)CNC2)nn1. The molecule has 35 heavy (non-hydrogen) atoms. The van der Waals surface area contributed by atoms with E-state index in [0.717, 1.165) is 49.0 Å². The van der Waals surface area contributed by atoms with E-state index in [-0.39, 0.29) is 5.54 Å². The van der Waals surface area contributed by atoms with Crippen LogP contribution in [0.25, 0.3) is 11.3 Å². The van der Waals surface area contributed by atoms with Crippen molar-refractivity contribution in [3.8, 4) is 11.3 Å². The van der Waals surface area contributed by atoms with Crippen LogP contribution in [0.3, 0.4) is 0 Å². The van der Waals surface area contributed by atoms with Crippen LogP contribution in [0.15, 0.2) is 43.0 Å². The molecule has 4 aliphatic rings. The minimum absolute atomic E-state index is 0.290. The van der Waals surface area contributed by atoms with Gasteiger partial charge < -0.3 is 15.5 Å². The van der Waals surface area contributed by atoms with E-state index in [1.807, 2.05) is 17.1 Å². The third-order valence-corrected chi connectivity index (χ3v) is 8.27. The highest BCUT2D eigenvalue weighted by Crippen LogP contribution is 2.40. The topological polar surface area (TPSA) is 83.8 Å². The highest BCUT2D eigenvalue weighted by Gasteiger charge is 2.43. The summed E-state index contributed by atoms with van der Waals surface area (Å²) in [5.41, 5.74) is 5.21. The molecule has 0 unspecified atom stereocenters. The van der Waals surface area contributed by atoms with Gasteiger partial charge in [0.1, 0.15) is 11.2 Å². The summed E-state index contributed by atoms with van der Waals surface area (Å²) in [5.74, 6) is 1.60. The minimum Gasteiger partial charge on any atom is -0.369 e. The van der Waals surface area contributed by atoms with Crippen LogP contribution >= 0.6 is 0 Å². The first kappa shape index (κ1) is 21.4. The molecule has 0 aromatic carbocycles. The van der Waals surface area contributed by atoms with Gasteiger partial charge in [-0.25, -0.2) is 4.68 Å². The first-order valence-corrected chi connectivity index (χ1v) is 13.3. The van der Waals surface area contributed by atoms with Gasteiger partial charge in [-0.2, -0.15) is 0 Å². The van der Waals surface area contributed by atoms with Crippen molar-refractivity contribution in [2.75, 3.05) is 37.6 Å².